The van der Waals surface area contributed by atoms with Crippen molar-refractivity contribution in [3.8, 4) is 0 Å². The molecular formula is C13H18N2O3S. The van der Waals surface area contributed by atoms with Crippen LogP contribution in [0.2, 0.25) is 0 Å². The number of aliphatic carboxylic acids is 1. The van der Waals surface area contributed by atoms with Gasteiger partial charge in [-0.3, -0.25) is 9.59 Å². The Bertz CT molecular complexity index is 472. The first-order valence-electron chi connectivity index (χ1n) is 6.49. The minimum absolute atomic E-state index is 0.0330. The molecule has 1 N–H and O–H groups in total. The summed E-state index contributed by atoms with van der Waals surface area (Å²) in [5.41, 5.74) is 0. The highest BCUT2D eigenvalue weighted by atomic mass is 32.1. The normalized spacial score (nSPS) is 19.4. The zero-order chi connectivity index (χ0) is 13.8. The maximum absolute atomic E-state index is 12.3. The molecule has 1 saturated heterocycles. The van der Waals surface area contributed by atoms with Gasteiger partial charge in [0.1, 0.15) is 4.88 Å². The zero-order valence-electron chi connectivity index (χ0n) is 11.0. The van der Waals surface area contributed by atoms with Gasteiger partial charge in [0.2, 0.25) is 0 Å². The van der Waals surface area contributed by atoms with Crippen LogP contribution in [0.5, 0.6) is 0 Å². The Morgan fingerprint density at radius 2 is 2.37 bits per heavy atom. The van der Waals surface area contributed by atoms with Gasteiger partial charge in [-0.1, -0.05) is 0 Å². The summed E-state index contributed by atoms with van der Waals surface area (Å²) in [4.78, 5) is 29.5. The van der Waals surface area contributed by atoms with Gasteiger partial charge >= 0.3 is 5.97 Å². The molecule has 19 heavy (non-hydrogen) atoms. The van der Waals surface area contributed by atoms with Gasteiger partial charge < -0.3 is 10.0 Å². The van der Waals surface area contributed by atoms with Crippen molar-refractivity contribution in [2.75, 3.05) is 13.1 Å². The molecule has 1 unspecified atom stereocenters. The van der Waals surface area contributed by atoms with Crippen molar-refractivity contribution in [1.29, 1.82) is 0 Å². The third-order valence-corrected chi connectivity index (χ3v) is 4.31. The molecule has 5 nitrogen and oxygen atoms in total. The lowest BCUT2D eigenvalue weighted by Gasteiger charge is -2.32. The summed E-state index contributed by atoms with van der Waals surface area (Å²) in [6, 6.07) is 0. The van der Waals surface area contributed by atoms with Gasteiger partial charge in [0, 0.05) is 19.5 Å². The van der Waals surface area contributed by atoms with Crippen LogP contribution < -0.4 is 0 Å². The first kappa shape index (κ1) is 14.0. The molecule has 1 atom stereocenters. The van der Waals surface area contributed by atoms with E-state index in [1.54, 1.807) is 6.20 Å². The van der Waals surface area contributed by atoms with Crippen LogP contribution in [-0.2, 0) is 4.79 Å². The number of carbonyl (C=O) groups excluding carboxylic acids is 1. The van der Waals surface area contributed by atoms with E-state index in [0.717, 1.165) is 24.4 Å². The van der Waals surface area contributed by atoms with Gasteiger partial charge in [0.05, 0.1) is 11.2 Å². The second-order valence-corrected chi connectivity index (χ2v) is 6.17. The first-order valence-corrected chi connectivity index (χ1v) is 7.31. The highest BCUT2D eigenvalue weighted by Gasteiger charge is 2.25. The maximum atomic E-state index is 12.3. The van der Waals surface area contributed by atoms with Crippen LogP contribution in [0.3, 0.4) is 0 Å². The smallest absolute Gasteiger partial charge is 0.303 e. The Kier molecular flexibility index (Phi) is 4.52. The van der Waals surface area contributed by atoms with Crippen LogP contribution in [0.4, 0.5) is 0 Å². The van der Waals surface area contributed by atoms with Crippen LogP contribution in [-0.4, -0.2) is 40.0 Å². The second-order valence-electron chi connectivity index (χ2n) is 4.94. The number of thiazole rings is 1. The molecule has 0 bridgehead atoms. The number of hydrogen-bond acceptors (Lipinski definition) is 4. The molecule has 0 saturated carbocycles. The Morgan fingerprint density at radius 3 is 3.00 bits per heavy atom. The lowest BCUT2D eigenvalue weighted by Crippen LogP contribution is -2.39. The Balaban J connectivity index is 1.93. The Morgan fingerprint density at radius 1 is 1.58 bits per heavy atom. The van der Waals surface area contributed by atoms with E-state index < -0.39 is 5.97 Å². The molecule has 1 amide bonds. The van der Waals surface area contributed by atoms with E-state index in [0.29, 0.717) is 23.8 Å². The quantitative estimate of drug-likeness (QED) is 0.918. The fourth-order valence-corrected chi connectivity index (χ4v) is 3.17. The average molecular weight is 282 g/mol. The van der Waals surface area contributed by atoms with Crippen molar-refractivity contribution in [1.82, 2.24) is 9.88 Å². The first-order chi connectivity index (χ1) is 9.06. The van der Waals surface area contributed by atoms with E-state index in [1.165, 1.54) is 11.3 Å². The minimum Gasteiger partial charge on any atom is -0.481 e. The number of nitrogens with zero attached hydrogens (tertiary/aromatic N) is 2. The number of hydrogen-bond donors (Lipinski definition) is 1. The molecular weight excluding hydrogens is 264 g/mol. The van der Waals surface area contributed by atoms with Gasteiger partial charge in [-0.2, -0.15) is 0 Å². The molecule has 1 aliphatic rings. The third kappa shape index (κ3) is 3.76. The van der Waals surface area contributed by atoms with E-state index in [4.69, 9.17) is 5.11 Å². The average Bonchev–Trinajstić information content (AvgIpc) is 2.82. The minimum atomic E-state index is -0.762. The predicted molar refractivity (Wildman–Crippen MR) is 72.3 cm³/mol. The number of likely N-dealkylation sites (tertiary alicyclic amines) is 1. The zero-order valence-corrected chi connectivity index (χ0v) is 11.8. The van der Waals surface area contributed by atoms with E-state index >= 15 is 0 Å². The van der Waals surface area contributed by atoms with Gasteiger partial charge in [0.25, 0.3) is 5.91 Å². The fourth-order valence-electron chi connectivity index (χ4n) is 2.43. The van der Waals surface area contributed by atoms with Crippen molar-refractivity contribution >= 4 is 23.2 Å². The van der Waals surface area contributed by atoms with Gasteiger partial charge in [0.15, 0.2) is 0 Å². The molecule has 1 fully saturated rings. The molecule has 6 heteroatoms. The van der Waals surface area contributed by atoms with Crippen molar-refractivity contribution in [3.05, 3.63) is 16.1 Å². The van der Waals surface area contributed by atoms with Crippen LogP contribution in [0, 0.1) is 12.8 Å². The van der Waals surface area contributed by atoms with Crippen LogP contribution in [0.25, 0.3) is 0 Å². The van der Waals surface area contributed by atoms with Gasteiger partial charge in [-0.15, -0.1) is 11.3 Å². The van der Waals surface area contributed by atoms with E-state index in [1.807, 2.05) is 11.8 Å². The largest absolute Gasteiger partial charge is 0.481 e. The lowest BCUT2D eigenvalue weighted by atomic mass is 9.93. The summed E-state index contributed by atoms with van der Waals surface area (Å²) < 4.78 is 0. The topological polar surface area (TPSA) is 70.5 Å². The SMILES string of the molecule is Cc1ncc(C(=O)N2CCCC(CCC(=O)O)C2)s1. The predicted octanol–water partition coefficient (Wildman–Crippen LogP) is 2.17. The van der Waals surface area contributed by atoms with Crippen LogP contribution >= 0.6 is 11.3 Å². The second kappa shape index (κ2) is 6.14. The number of amides is 1. The highest BCUT2D eigenvalue weighted by Crippen LogP contribution is 2.23. The summed E-state index contributed by atoms with van der Waals surface area (Å²) in [7, 11) is 0. The van der Waals surface area contributed by atoms with E-state index in [9.17, 15) is 9.59 Å². The number of carbonyl (C=O) groups is 2. The monoisotopic (exact) mass is 282 g/mol. The molecule has 1 aromatic rings. The number of piperidine rings is 1. The molecule has 1 aliphatic heterocycles. The van der Waals surface area contributed by atoms with Crippen molar-refractivity contribution in [2.45, 2.75) is 32.6 Å². The summed E-state index contributed by atoms with van der Waals surface area (Å²) in [5, 5.41) is 9.60. The number of carboxylic acids is 1. The molecule has 104 valence electrons. The molecule has 2 heterocycles. The van der Waals surface area contributed by atoms with E-state index in [-0.39, 0.29) is 12.3 Å². The Labute approximate surface area is 116 Å². The van der Waals surface area contributed by atoms with Gasteiger partial charge in [-0.25, -0.2) is 4.98 Å². The number of rotatable bonds is 4. The molecule has 0 aliphatic carbocycles. The molecule has 0 radical (unpaired) electrons. The molecule has 0 spiro atoms. The van der Waals surface area contributed by atoms with Gasteiger partial charge in [-0.05, 0) is 32.1 Å². The number of carboxylic acid groups (broad SMARTS) is 1. The summed E-state index contributed by atoms with van der Waals surface area (Å²) in [5.74, 6) is -0.421. The summed E-state index contributed by atoms with van der Waals surface area (Å²) in [6.45, 7) is 3.32. The number of aromatic nitrogens is 1. The Hall–Kier alpha value is -1.43. The molecule has 2 rings (SSSR count). The maximum Gasteiger partial charge on any atom is 0.303 e. The molecule has 0 aromatic carbocycles. The van der Waals surface area contributed by atoms with Crippen LogP contribution in [0.15, 0.2) is 6.20 Å². The fraction of sp³-hybridized carbons (Fsp3) is 0.615. The highest BCUT2D eigenvalue weighted by molar-refractivity contribution is 7.13. The standard InChI is InChI=1S/C13H18N2O3S/c1-9-14-7-11(19-9)13(18)15-6-2-3-10(8-15)4-5-12(16)17/h7,10H,2-6,8H2,1H3,(H,16,17). The third-order valence-electron chi connectivity index (χ3n) is 3.40. The molecule has 1 aromatic heterocycles. The van der Waals surface area contributed by atoms with Crippen molar-refractivity contribution in [2.24, 2.45) is 5.92 Å². The summed E-state index contributed by atoms with van der Waals surface area (Å²) in [6.07, 6.45) is 4.43. The number of aryl methyl sites for hydroxylation is 1. The lowest BCUT2D eigenvalue weighted by molar-refractivity contribution is -0.137. The van der Waals surface area contributed by atoms with Crippen molar-refractivity contribution in [3.63, 3.8) is 0 Å². The van der Waals surface area contributed by atoms with Crippen molar-refractivity contribution < 1.29 is 14.7 Å². The van der Waals surface area contributed by atoms with E-state index in [2.05, 4.69) is 4.98 Å². The summed E-state index contributed by atoms with van der Waals surface area (Å²) >= 11 is 1.41. The van der Waals surface area contributed by atoms with Crippen LogP contribution in [0.1, 0.15) is 40.4 Å².